The summed E-state index contributed by atoms with van der Waals surface area (Å²) in [5.41, 5.74) is 0. The van der Waals surface area contributed by atoms with Crippen LogP contribution in [0.25, 0.3) is 0 Å². The van der Waals surface area contributed by atoms with Crippen molar-refractivity contribution in [3.05, 3.63) is 109 Å². The van der Waals surface area contributed by atoms with Crippen LogP contribution in [-0.4, -0.2) is 37.0 Å². The van der Waals surface area contributed by atoms with Crippen LogP contribution in [0.15, 0.2) is 109 Å². The fraction of sp³-hybridized carbons (Fsp3) is 0.612. The van der Waals surface area contributed by atoms with Crippen molar-refractivity contribution in [1.29, 1.82) is 0 Å². The van der Waals surface area contributed by atoms with Crippen molar-refractivity contribution in [2.24, 2.45) is 0 Å². The predicted molar refractivity (Wildman–Crippen MR) is 232 cm³/mol. The Kier molecular flexibility index (Phi) is 42.7. The van der Waals surface area contributed by atoms with Crippen LogP contribution in [0.5, 0.6) is 0 Å². The van der Waals surface area contributed by atoms with Crippen LogP contribution in [0, 0.1) is 0 Å². The molecular weight excluding hydrogens is 653 g/mol. The summed E-state index contributed by atoms with van der Waals surface area (Å²) in [5.74, 6) is -0.239. The van der Waals surface area contributed by atoms with Gasteiger partial charge in [0.2, 0.25) is 0 Å². The zero-order chi connectivity index (χ0) is 38.4. The van der Waals surface area contributed by atoms with E-state index in [2.05, 4.69) is 123 Å². The molecule has 0 amide bonds. The van der Waals surface area contributed by atoms with Gasteiger partial charge in [0.05, 0.1) is 13.2 Å². The highest BCUT2D eigenvalue weighted by atomic mass is 16.6. The number of hydrogen-bond acceptors (Lipinski definition) is 4. The van der Waals surface area contributed by atoms with Crippen molar-refractivity contribution in [3.8, 4) is 0 Å². The van der Waals surface area contributed by atoms with Gasteiger partial charge in [-0.3, -0.25) is 4.79 Å². The molecule has 0 fully saturated rings. The zero-order valence-corrected chi connectivity index (χ0v) is 34.2. The third-order valence-corrected chi connectivity index (χ3v) is 8.59. The van der Waals surface area contributed by atoms with Crippen molar-refractivity contribution < 1.29 is 19.4 Å². The highest BCUT2D eigenvalue weighted by molar-refractivity contribution is 5.69. The number of esters is 1. The first-order valence-corrected chi connectivity index (χ1v) is 21.5. The maximum Gasteiger partial charge on any atom is 0.306 e. The molecule has 1 atom stereocenters. The third-order valence-electron chi connectivity index (χ3n) is 8.59. The molecule has 0 bridgehead atoms. The third kappa shape index (κ3) is 43.3. The molecule has 0 saturated heterocycles. The number of carbonyl (C=O) groups excluding carboxylic acids is 1. The number of unbranched alkanes of at least 4 members (excludes halogenated alkanes) is 12. The Morgan fingerprint density at radius 3 is 1.19 bits per heavy atom. The molecule has 0 aliphatic heterocycles. The van der Waals surface area contributed by atoms with Crippen LogP contribution < -0.4 is 0 Å². The molecule has 0 rings (SSSR count). The zero-order valence-electron chi connectivity index (χ0n) is 34.2. The fourth-order valence-corrected chi connectivity index (χ4v) is 5.46. The molecule has 1 N–H and O–H groups in total. The Morgan fingerprint density at radius 1 is 0.453 bits per heavy atom. The normalized spacial score (nSPS) is 13.5. The lowest BCUT2D eigenvalue weighted by Crippen LogP contribution is -2.27. The lowest BCUT2D eigenvalue weighted by Gasteiger charge is -2.15. The minimum Gasteiger partial charge on any atom is -0.457 e. The molecule has 0 radical (unpaired) electrons. The Labute approximate surface area is 327 Å². The van der Waals surface area contributed by atoms with Crippen molar-refractivity contribution in [2.75, 3.05) is 19.8 Å². The molecule has 1 unspecified atom stereocenters. The maximum atomic E-state index is 12.2. The van der Waals surface area contributed by atoms with E-state index in [4.69, 9.17) is 9.47 Å². The van der Waals surface area contributed by atoms with Crippen LogP contribution in [-0.2, 0) is 14.3 Å². The van der Waals surface area contributed by atoms with Crippen LogP contribution in [0.3, 0.4) is 0 Å². The van der Waals surface area contributed by atoms with Crippen molar-refractivity contribution in [3.63, 3.8) is 0 Å². The Balaban J connectivity index is 3.55. The van der Waals surface area contributed by atoms with E-state index in [0.717, 1.165) is 96.3 Å². The standard InChI is InChI=1S/C49H80O4/c1-3-5-7-9-11-13-15-17-19-21-23-24-25-27-29-31-33-35-37-39-41-43-45-52-47-48(46-50)53-49(51)44-42-40-38-36-34-32-30-28-26-22-20-18-16-14-12-10-8-6-4-2/h5-8,11-14,17-20,23-24,26,28,32,34,48,50H,3-4,9-10,15-16,21-22,25,27,29-31,33,35-47H2,1-2H3/b7-5-,8-6-,13-11-,14-12-,19-17-,20-18-,24-23-,28-26-,34-32-. The highest BCUT2D eigenvalue weighted by Crippen LogP contribution is 2.12. The second kappa shape index (κ2) is 45.2. The van der Waals surface area contributed by atoms with Crippen molar-refractivity contribution in [1.82, 2.24) is 0 Å². The van der Waals surface area contributed by atoms with Gasteiger partial charge in [-0.2, -0.15) is 0 Å². The smallest absolute Gasteiger partial charge is 0.306 e. The van der Waals surface area contributed by atoms with Crippen molar-refractivity contribution in [2.45, 2.75) is 174 Å². The van der Waals surface area contributed by atoms with Gasteiger partial charge in [-0.25, -0.2) is 0 Å². The molecule has 0 aromatic heterocycles. The molecule has 4 heteroatoms. The topological polar surface area (TPSA) is 55.8 Å². The van der Waals surface area contributed by atoms with Gasteiger partial charge in [0, 0.05) is 13.0 Å². The molecule has 0 saturated carbocycles. The molecular formula is C49H80O4. The number of ether oxygens (including phenoxy) is 2. The molecule has 0 spiro atoms. The second-order valence-electron chi connectivity index (χ2n) is 13.6. The van der Waals surface area contributed by atoms with E-state index in [9.17, 15) is 9.90 Å². The van der Waals surface area contributed by atoms with Crippen LogP contribution in [0.1, 0.15) is 168 Å². The molecule has 0 aromatic rings. The van der Waals surface area contributed by atoms with Gasteiger partial charge in [0.15, 0.2) is 0 Å². The summed E-state index contributed by atoms with van der Waals surface area (Å²) in [6, 6.07) is 0. The Morgan fingerprint density at radius 2 is 0.792 bits per heavy atom. The second-order valence-corrected chi connectivity index (χ2v) is 13.6. The van der Waals surface area contributed by atoms with Gasteiger partial charge in [0.25, 0.3) is 0 Å². The fourth-order valence-electron chi connectivity index (χ4n) is 5.46. The summed E-state index contributed by atoms with van der Waals surface area (Å²) in [6.07, 6.45) is 65.7. The molecule has 0 heterocycles. The molecule has 0 aromatic carbocycles. The van der Waals surface area contributed by atoms with Gasteiger partial charge < -0.3 is 14.6 Å². The predicted octanol–water partition coefficient (Wildman–Crippen LogP) is 14.3. The number of rotatable bonds is 38. The summed E-state index contributed by atoms with van der Waals surface area (Å²) in [7, 11) is 0. The minimum atomic E-state index is -0.563. The van der Waals surface area contributed by atoms with E-state index < -0.39 is 6.10 Å². The first-order chi connectivity index (χ1) is 26.2. The number of carbonyl (C=O) groups is 1. The summed E-state index contributed by atoms with van der Waals surface area (Å²) in [6.45, 7) is 5.05. The average molecular weight is 733 g/mol. The molecule has 4 nitrogen and oxygen atoms in total. The first kappa shape index (κ1) is 50.1. The van der Waals surface area contributed by atoms with E-state index in [1.54, 1.807) is 0 Å². The molecule has 0 aliphatic carbocycles. The van der Waals surface area contributed by atoms with E-state index in [1.807, 2.05) is 0 Å². The van der Waals surface area contributed by atoms with E-state index >= 15 is 0 Å². The summed E-state index contributed by atoms with van der Waals surface area (Å²) < 4.78 is 11.1. The maximum absolute atomic E-state index is 12.2. The van der Waals surface area contributed by atoms with Gasteiger partial charge in [-0.05, 0) is 96.3 Å². The van der Waals surface area contributed by atoms with Gasteiger partial charge in [-0.15, -0.1) is 0 Å². The summed E-state index contributed by atoms with van der Waals surface area (Å²) in [4.78, 5) is 12.2. The van der Waals surface area contributed by atoms with E-state index in [1.165, 1.54) is 51.4 Å². The van der Waals surface area contributed by atoms with Crippen LogP contribution in [0.4, 0.5) is 0 Å². The van der Waals surface area contributed by atoms with E-state index in [0.29, 0.717) is 13.0 Å². The highest BCUT2D eigenvalue weighted by Gasteiger charge is 2.13. The minimum absolute atomic E-state index is 0.195. The largest absolute Gasteiger partial charge is 0.457 e. The average Bonchev–Trinajstić information content (AvgIpc) is 3.16. The Hall–Kier alpha value is -2.95. The monoisotopic (exact) mass is 733 g/mol. The SMILES string of the molecule is CC/C=C\C/C=C\C/C=C\C/C=C\C/C=C\CCCCCC(=O)OC(CO)COCCCCCCCCCCC/C=C\C/C=C\C/C=C\C/C=C\CC. The van der Waals surface area contributed by atoms with E-state index in [-0.39, 0.29) is 19.2 Å². The number of allylic oxidation sites excluding steroid dienone is 18. The van der Waals surface area contributed by atoms with Crippen molar-refractivity contribution >= 4 is 5.97 Å². The molecule has 53 heavy (non-hydrogen) atoms. The van der Waals surface area contributed by atoms with Crippen LogP contribution in [0.2, 0.25) is 0 Å². The number of aliphatic hydroxyl groups excluding tert-OH is 1. The van der Waals surface area contributed by atoms with Gasteiger partial charge in [0.1, 0.15) is 6.10 Å². The van der Waals surface area contributed by atoms with Crippen LogP contribution >= 0.6 is 0 Å². The molecule has 300 valence electrons. The quantitative estimate of drug-likeness (QED) is 0.0390. The summed E-state index contributed by atoms with van der Waals surface area (Å²) in [5, 5.41) is 9.61. The first-order valence-electron chi connectivity index (χ1n) is 21.5. The number of hydrogen-bond donors (Lipinski definition) is 1. The number of aliphatic hydroxyl groups is 1. The van der Waals surface area contributed by atoms with Gasteiger partial charge in [-0.1, -0.05) is 175 Å². The lowest BCUT2D eigenvalue weighted by molar-refractivity contribution is -0.154. The van der Waals surface area contributed by atoms with Gasteiger partial charge >= 0.3 is 5.97 Å². The lowest BCUT2D eigenvalue weighted by atomic mass is 10.1. The Bertz CT molecular complexity index is 1040. The summed E-state index contributed by atoms with van der Waals surface area (Å²) >= 11 is 0. The molecule has 0 aliphatic rings.